The van der Waals surface area contributed by atoms with Crippen LogP contribution in [0, 0.1) is 13.8 Å². The topological polar surface area (TPSA) is 54.9 Å². The van der Waals surface area contributed by atoms with Gasteiger partial charge in [-0.05, 0) is 38.0 Å². The van der Waals surface area contributed by atoms with E-state index in [2.05, 4.69) is 54.6 Å². The molecule has 0 atom stereocenters. The lowest BCUT2D eigenvalue weighted by atomic mass is 10.1. The Labute approximate surface area is 179 Å². The molecular weight excluding hydrogens is 453 g/mol. The van der Waals surface area contributed by atoms with E-state index < -0.39 is 0 Å². The van der Waals surface area contributed by atoms with Gasteiger partial charge in [0.2, 0.25) is 0 Å². The number of hydrogen-bond acceptors (Lipinski definition) is 3. The third-order valence-corrected chi connectivity index (χ3v) is 4.18. The van der Waals surface area contributed by atoms with Crippen molar-refractivity contribution in [3.8, 4) is 11.5 Å². The number of guanidine groups is 1. The summed E-state index contributed by atoms with van der Waals surface area (Å²) in [7, 11) is 3.29. The fraction of sp³-hybridized carbons (Fsp3) is 0.381. The maximum absolute atomic E-state index is 5.48. The van der Waals surface area contributed by atoms with Crippen LogP contribution in [-0.2, 0) is 13.1 Å². The number of rotatable bonds is 7. The van der Waals surface area contributed by atoms with E-state index in [0.29, 0.717) is 12.3 Å². The molecule has 2 rings (SSSR count). The van der Waals surface area contributed by atoms with Gasteiger partial charge in [-0.25, -0.2) is 4.99 Å². The number of para-hydroxylation sites is 1. The SMILES string of the molecule is CCNC(=NCc1cccc(OC)c1OC)NCc1ccc(C)cc1C.I. The van der Waals surface area contributed by atoms with Crippen molar-refractivity contribution in [3.05, 3.63) is 58.7 Å². The van der Waals surface area contributed by atoms with Gasteiger partial charge in [-0.3, -0.25) is 0 Å². The molecule has 0 saturated heterocycles. The molecule has 2 N–H and O–H groups in total. The molecule has 5 nitrogen and oxygen atoms in total. The van der Waals surface area contributed by atoms with Gasteiger partial charge in [-0.15, -0.1) is 24.0 Å². The lowest BCUT2D eigenvalue weighted by Crippen LogP contribution is -2.37. The van der Waals surface area contributed by atoms with Gasteiger partial charge in [0, 0.05) is 18.7 Å². The molecular formula is C21H30IN3O2. The molecule has 0 unspecified atom stereocenters. The Morgan fingerprint density at radius 1 is 1.00 bits per heavy atom. The lowest BCUT2D eigenvalue weighted by Gasteiger charge is -2.14. The molecule has 0 saturated carbocycles. The molecule has 27 heavy (non-hydrogen) atoms. The molecule has 0 heterocycles. The fourth-order valence-electron chi connectivity index (χ4n) is 2.81. The number of hydrogen-bond donors (Lipinski definition) is 2. The van der Waals surface area contributed by atoms with Crippen LogP contribution in [0.4, 0.5) is 0 Å². The van der Waals surface area contributed by atoms with Crippen LogP contribution in [0.25, 0.3) is 0 Å². The molecule has 0 aliphatic carbocycles. The van der Waals surface area contributed by atoms with E-state index >= 15 is 0 Å². The number of benzene rings is 2. The molecule has 6 heteroatoms. The van der Waals surface area contributed by atoms with Crippen LogP contribution in [0.15, 0.2) is 41.4 Å². The summed E-state index contributed by atoms with van der Waals surface area (Å²) in [6, 6.07) is 12.3. The van der Waals surface area contributed by atoms with E-state index in [1.807, 2.05) is 18.2 Å². The Balaban J connectivity index is 0.00000364. The van der Waals surface area contributed by atoms with Gasteiger partial charge in [0.15, 0.2) is 17.5 Å². The highest BCUT2D eigenvalue weighted by Gasteiger charge is 2.09. The average molecular weight is 483 g/mol. The quantitative estimate of drug-likeness (QED) is 0.352. The second-order valence-electron chi connectivity index (χ2n) is 6.13. The average Bonchev–Trinajstić information content (AvgIpc) is 2.64. The second kappa shape index (κ2) is 11.7. The van der Waals surface area contributed by atoms with Gasteiger partial charge in [0.05, 0.1) is 20.8 Å². The molecule has 0 aliphatic rings. The predicted octanol–water partition coefficient (Wildman–Crippen LogP) is 4.19. The van der Waals surface area contributed by atoms with Crippen LogP contribution in [0.3, 0.4) is 0 Å². The van der Waals surface area contributed by atoms with Crippen LogP contribution in [0.5, 0.6) is 11.5 Å². The molecule has 0 radical (unpaired) electrons. The first kappa shape index (κ1) is 23.1. The van der Waals surface area contributed by atoms with E-state index in [0.717, 1.165) is 30.4 Å². The maximum atomic E-state index is 5.48. The number of halogens is 1. The molecule has 0 aliphatic heterocycles. The van der Waals surface area contributed by atoms with Crippen molar-refractivity contribution in [3.63, 3.8) is 0 Å². The molecule has 0 aromatic heterocycles. The predicted molar refractivity (Wildman–Crippen MR) is 123 cm³/mol. The highest BCUT2D eigenvalue weighted by molar-refractivity contribution is 14.0. The van der Waals surface area contributed by atoms with Gasteiger partial charge in [0.25, 0.3) is 0 Å². The minimum Gasteiger partial charge on any atom is -0.493 e. The van der Waals surface area contributed by atoms with Crippen molar-refractivity contribution in [2.45, 2.75) is 33.9 Å². The summed E-state index contributed by atoms with van der Waals surface area (Å²) in [4.78, 5) is 4.69. The Hall–Kier alpha value is -1.96. The van der Waals surface area contributed by atoms with Crippen LogP contribution < -0.4 is 20.1 Å². The summed E-state index contributed by atoms with van der Waals surface area (Å²) < 4.78 is 10.8. The standard InChI is InChI=1S/C21H29N3O2.HI/c1-6-22-21(23-13-17-11-10-15(2)12-16(17)3)24-14-18-8-7-9-19(25-4)20(18)26-5;/h7-12H,6,13-14H2,1-5H3,(H2,22,23,24);1H. The van der Waals surface area contributed by atoms with Gasteiger partial charge < -0.3 is 20.1 Å². The summed E-state index contributed by atoms with van der Waals surface area (Å²) in [5, 5.41) is 6.69. The number of nitrogens with zero attached hydrogens (tertiary/aromatic N) is 1. The number of methoxy groups -OCH3 is 2. The van der Waals surface area contributed by atoms with Crippen molar-refractivity contribution in [1.82, 2.24) is 10.6 Å². The number of ether oxygens (including phenoxy) is 2. The summed E-state index contributed by atoms with van der Waals surface area (Å²) >= 11 is 0. The van der Waals surface area contributed by atoms with Gasteiger partial charge in [-0.2, -0.15) is 0 Å². The van der Waals surface area contributed by atoms with Gasteiger partial charge in [0.1, 0.15) is 0 Å². The fourth-order valence-corrected chi connectivity index (χ4v) is 2.81. The summed E-state index contributed by atoms with van der Waals surface area (Å²) in [5.41, 5.74) is 4.80. The van der Waals surface area contributed by atoms with E-state index in [4.69, 9.17) is 9.47 Å². The highest BCUT2D eigenvalue weighted by atomic mass is 127. The molecule has 148 valence electrons. The summed E-state index contributed by atoms with van der Waals surface area (Å²) in [6.45, 7) is 8.33. The minimum absolute atomic E-state index is 0. The monoisotopic (exact) mass is 483 g/mol. The molecule has 0 spiro atoms. The molecule has 2 aromatic carbocycles. The zero-order valence-electron chi connectivity index (χ0n) is 16.8. The van der Waals surface area contributed by atoms with Crippen LogP contribution in [0.1, 0.15) is 29.2 Å². The third-order valence-electron chi connectivity index (χ3n) is 4.18. The van der Waals surface area contributed by atoms with Crippen LogP contribution in [-0.4, -0.2) is 26.7 Å². The zero-order valence-corrected chi connectivity index (χ0v) is 19.1. The van der Waals surface area contributed by atoms with Crippen molar-refractivity contribution < 1.29 is 9.47 Å². The molecule has 0 bridgehead atoms. The molecule has 0 amide bonds. The number of nitrogens with one attached hydrogen (secondary N) is 2. The van der Waals surface area contributed by atoms with E-state index in [1.165, 1.54) is 16.7 Å². The number of aryl methyl sites for hydroxylation is 2. The van der Waals surface area contributed by atoms with Crippen molar-refractivity contribution in [2.75, 3.05) is 20.8 Å². The summed E-state index contributed by atoms with van der Waals surface area (Å²) in [6.07, 6.45) is 0. The lowest BCUT2D eigenvalue weighted by molar-refractivity contribution is 0.352. The molecule has 0 fully saturated rings. The Morgan fingerprint density at radius 3 is 2.41 bits per heavy atom. The maximum Gasteiger partial charge on any atom is 0.191 e. The Morgan fingerprint density at radius 2 is 1.78 bits per heavy atom. The Kier molecular flexibility index (Phi) is 9.99. The van der Waals surface area contributed by atoms with E-state index in [-0.39, 0.29) is 24.0 Å². The van der Waals surface area contributed by atoms with E-state index in [9.17, 15) is 0 Å². The first-order valence-electron chi connectivity index (χ1n) is 8.87. The van der Waals surface area contributed by atoms with Gasteiger partial charge >= 0.3 is 0 Å². The third kappa shape index (κ3) is 6.61. The van der Waals surface area contributed by atoms with Crippen molar-refractivity contribution in [2.24, 2.45) is 4.99 Å². The van der Waals surface area contributed by atoms with Crippen molar-refractivity contribution >= 4 is 29.9 Å². The second-order valence-corrected chi connectivity index (χ2v) is 6.13. The molecule has 2 aromatic rings. The Bertz CT molecular complexity index is 763. The summed E-state index contributed by atoms with van der Waals surface area (Å²) in [5.74, 6) is 2.22. The van der Waals surface area contributed by atoms with Gasteiger partial charge in [-0.1, -0.05) is 35.9 Å². The number of aliphatic imine (C=N–C) groups is 1. The largest absolute Gasteiger partial charge is 0.493 e. The highest BCUT2D eigenvalue weighted by Crippen LogP contribution is 2.31. The smallest absolute Gasteiger partial charge is 0.191 e. The first-order valence-corrected chi connectivity index (χ1v) is 8.87. The normalized spacial score (nSPS) is 10.8. The zero-order chi connectivity index (χ0) is 18.9. The first-order chi connectivity index (χ1) is 12.6. The minimum atomic E-state index is 0. The van der Waals surface area contributed by atoms with Crippen LogP contribution >= 0.6 is 24.0 Å². The van der Waals surface area contributed by atoms with Crippen molar-refractivity contribution in [1.29, 1.82) is 0 Å². The van der Waals surface area contributed by atoms with E-state index in [1.54, 1.807) is 14.2 Å². The van der Waals surface area contributed by atoms with Crippen LogP contribution in [0.2, 0.25) is 0 Å².